The molecular weight excluding hydrogens is 118 g/mol. The number of rotatable bonds is 1. The van der Waals surface area contributed by atoms with Crippen LogP contribution in [0.3, 0.4) is 0 Å². The van der Waals surface area contributed by atoms with Gasteiger partial charge in [-0.05, 0) is 25.7 Å². The molecule has 0 bridgehead atoms. The van der Waals surface area contributed by atoms with Gasteiger partial charge in [0, 0.05) is 0 Å². The molecule has 1 aliphatic carbocycles. The monoisotopic (exact) mass is 130 g/mol. The summed E-state index contributed by atoms with van der Waals surface area (Å²) in [5.41, 5.74) is 3.14. The molecule has 0 heterocycles. The second-order valence-corrected chi connectivity index (χ2v) is 2.40. The Hall–Kier alpha value is -0.570. The minimum atomic E-state index is -0.387. The molecule has 0 atom stereocenters. The van der Waals surface area contributed by atoms with E-state index in [1.165, 1.54) is 12.8 Å². The van der Waals surface area contributed by atoms with Crippen molar-refractivity contribution in [2.75, 3.05) is 0 Å². The van der Waals surface area contributed by atoms with Gasteiger partial charge < -0.3 is 4.74 Å². The Morgan fingerprint density at radius 2 is 2.00 bits per heavy atom. The van der Waals surface area contributed by atoms with Crippen molar-refractivity contribution in [1.29, 1.82) is 0 Å². The third-order valence-corrected chi connectivity index (χ3v) is 1.60. The van der Waals surface area contributed by atoms with Crippen LogP contribution in [0.5, 0.6) is 0 Å². The Morgan fingerprint density at radius 3 is 2.44 bits per heavy atom. The molecule has 0 unspecified atom stereocenters. The van der Waals surface area contributed by atoms with Crippen LogP contribution in [0.15, 0.2) is 0 Å². The van der Waals surface area contributed by atoms with Crippen molar-refractivity contribution >= 4 is 6.09 Å². The summed E-state index contributed by atoms with van der Waals surface area (Å²) in [4.78, 5) is 10.3. The van der Waals surface area contributed by atoms with Crippen molar-refractivity contribution in [3.05, 3.63) is 0 Å². The molecule has 0 spiro atoms. The van der Waals surface area contributed by atoms with Crippen LogP contribution in [0.2, 0.25) is 0 Å². The van der Waals surface area contributed by atoms with Crippen LogP contribution in [0.1, 0.15) is 25.7 Å². The number of ether oxygens (including phenoxy) is 1. The summed E-state index contributed by atoms with van der Waals surface area (Å²) in [6.07, 6.45) is 4.23. The van der Waals surface area contributed by atoms with Gasteiger partial charge >= 0.3 is 6.09 Å². The molecule has 1 aliphatic rings. The Balaban J connectivity index is 2.19. The van der Waals surface area contributed by atoms with Crippen molar-refractivity contribution < 1.29 is 15.3 Å². The molecule has 1 amide bonds. The van der Waals surface area contributed by atoms with Gasteiger partial charge in [-0.2, -0.15) is 4.79 Å². The van der Waals surface area contributed by atoms with E-state index in [0.717, 1.165) is 12.8 Å². The molecule has 3 nitrogen and oxygen atoms in total. The van der Waals surface area contributed by atoms with Crippen molar-refractivity contribution in [2.24, 2.45) is 0 Å². The first-order valence-corrected chi connectivity index (χ1v) is 3.31. The highest BCUT2D eigenvalue weighted by Crippen LogP contribution is 2.20. The summed E-state index contributed by atoms with van der Waals surface area (Å²) < 4.78 is 4.86. The van der Waals surface area contributed by atoms with Crippen molar-refractivity contribution in [3.8, 4) is 0 Å². The molecule has 0 aliphatic heterocycles. The lowest BCUT2D eigenvalue weighted by Crippen LogP contribution is -2.58. The van der Waals surface area contributed by atoms with Gasteiger partial charge in [0.05, 0.1) is 0 Å². The molecule has 1 rings (SSSR count). The smallest absolute Gasteiger partial charge is 0.417 e. The zero-order valence-corrected chi connectivity index (χ0v) is 5.43. The average molecular weight is 130 g/mol. The van der Waals surface area contributed by atoms with Crippen molar-refractivity contribution in [1.82, 2.24) is 0 Å². The highest BCUT2D eigenvalue weighted by atomic mass is 16.6. The zero-order valence-electron chi connectivity index (χ0n) is 5.43. The summed E-state index contributed by atoms with van der Waals surface area (Å²) in [5, 5.41) is 0. The normalized spacial score (nSPS) is 20.1. The van der Waals surface area contributed by atoms with E-state index in [0.29, 0.717) is 0 Å². The molecular formula is C6H12NO2+. The Kier molecular flexibility index (Phi) is 2.05. The fraction of sp³-hybridized carbons (Fsp3) is 0.833. The van der Waals surface area contributed by atoms with E-state index in [2.05, 4.69) is 5.73 Å². The molecule has 0 saturated heterocycles. The minimum absolute atomic E-state index is 0.176. The van der Waals surface area contributed by atoms with Gasteiger partial charge in [-0.1, -0.05) is 0 Å². The fourth-order valence-electron chi connectivity index (χ4n) is 1.19. The highest BCUT2D eigenvalue weighted by molar-refractivity contribution is 5.54. The lowest BCUT2D eigenvalue weighted by Gasteiger charge is -2.04. The first kappa shape index (κ1) is 6.55. The van der Waals surface area contributed by atoms with Gasteiger partial charge in [-0.25, -0.2) is 0 Å². The Morgan fingerprint density at radius 1 is 1.44 bits per heavy atom. The molecule has 0 aromatic rings. The van der Waals surface area contributed by atoms with E-state index in [1.807, 2.05) is 0 Å². The van der Waals surface area contributed by atoms with Crippen LogP contribution in [-0.4, -0.2) is 12.2 Å². The molecule has 9 heavy (non-hydrogen) atoms. The summed E-state index contributed by atoms with van der Waals surface area (Å²) in [6, 6.07) is 0. The van der Waals surface area contributed by atoms with Crippen molar-refractivity contribution in [3.63, 3.8) is 0 Å². The molecule has 52 valence electrons. The largest absolute Gasteiger partial charge is 0.511 e. The van der Waals surface area contributed by atoms with Crippen LogP contribution < -0.4 is 5.73 Å². The number of carbonyl (C=O) groups is 1. The second kappa shape index (κ2) is 2.82. The van der Waals surface area contributed by atoms with Crippen molar-refractivity contribution in [2.45, 2.75) is 31.8 Å². The van der Waals surface area contributed by atoms with Crippen LogP contribution in [-0.2, 0) is 4.74 Å². The lowest BCUT2D eigenvalue weighted by molar-refractivity contribution is -0.287. The van der Waals surface area contributed by atoms with E-state index >= 15 is 0 Å². The van der Waals surface area contributed by atoms with Crippen LogP contribution in [0.4, 0.5) is 4.79 Å². The number of hydrogen-bond donors (Lipinski definition) is 1. The number of hydrogen-bond acceptors (Lipinski definition) is 2. The third-order valence-electron chi connectivity index (χ3n) is 1.60. The van der Waals surface area contributed by atoms with Gasteiger partial charge in [0.1, 0.15) is 6.10 Å². The van der Waals surface area contributed by atoms with E-state index in [1.54, 1.807) is 0 Å². The summed E-state index contributed by atoms with van der Waals surface area (Å²) in [6.45, 7) is 0. The van der Waals surface area contributed by atoms with Crippen LogP contribution in [0.25, 0.3) is 0 Å². The predicted octanol–water partition coefficient (Wildman–Crippen LogP) is 0.307. The van der Waals surface area contributed by atoms with E-state index in [4.69, 9.17) is 4.74 Å². The minimum Gasteiger partial charge on any atom is -0.417 e. The van der Waals surface area contributed by atoms with Crippen LogP contribution >= 0.6 is 0 Å². The Bertz CT molecular complexity index is 108. The molecule has 1 saturated carbocycles. The first-order chi connectivity index (χ1) is 4.29. The first-order valence-electron chi connectivity index (χ1n) is 3.31. The summed E-state index contributed by atoms with van der Waals surface area (Å²) in [7, 11) is 0. The Labute approximate surface area is 54.2 Å². The molecule has 3 heteroatoms. The van der Waals surface area contributed by atoms with Gasteiger partial charge in [0.2, 0.25) is 0 Å². The number of amides is 1. The molecule has 0 radical (unpaired) electrons. The quantitative estimate of drug-likeness (QED) is 0.555. The SMILES string of the molecule is [NH3+]C(=O)OC1CCCC1. The fourth-order valence-corrected chi connectivity index (χ4v) is 1.19. The molecule has 3 N–H and O–H groups in total. The zero-order chi connectivity index (χ0) is 6.69. The highest BCUT2D eigenvalue weighted by Gasteiger charge is 2.18. The standard InChI is InChI=1S/C6H11NO2/c7-6(8)9-5-3-1-2-4-5/h5H,1-4H2,(H2,7,8)/p+1. The van der Waals surface area contributed by atoms with E-state index in [9.17, 15) is 4.79 Å². The van der Waals surface area contributed by atoms with Gasteiger partial charge in [0.25, 0.3) is 0 Å². The van der Waals surface area contributed by atoms with Gasteiger partial charge in [-0.15, -0.1) is 0 Å². The predicted molar refractivity (Wildman–Crippen MR) is 31.6 cm³/mol. The molecule has 0 aromatic heterocycles. The molecule has 0 aromatic carbocycles. The van der Waals surface area contributed by atoms with E-state index < -0.39 is 0 Å². The maximum atomic E-state index is 10.3. The van der Waals surface area contributed by atoms with Crippen LogP contribution in [0, 0.1) is 0 Å². The van der Waals surface area contributed by atoms with Gasteiger partial charge in [0.15, 0.2) is 0 Å². The third kappa shape index (κ3) is 2.01. The van der Waals surface area contributed by atoms with E-state index in [-0.39, 0.29) is 12.2 Å². The number of quaternary nitrogens is 1. The maximum absolute atomic E-state index is 10.3. The number of carbonyl (C=O) groups excluding carboxylic acids is 1. The second-order valence-electron chi connectivity index (χ2n) is 2.40. The van der Waals surface area contributed by atoms with Gasteiger partial charge in [-0.3, -0.25) is 5.73 Å². The summed E-state index contributed by atoms with van der Waals surface area (Å²) >= 11 is 0. The average Bonchev–Trinajstić information content (AvgIpc) is 2.15. The summed E-state index contributed by atoms with van der Waals surface area (Å²) in [5.74, 6) is 0. The topological polar surface area (TPSA) is 53.9 Å². The molecule has 1 fully saturated rings. The maximum Gasteiger partial charge on any atom is 0.511 e. The lowest BCUT2D eigenvalue weighted by atomic mass is 10.3.